The van der Waals surface area contributed by atoms with Gasteiger partial charge in [-0.2, -0.15) is 0 Å². The number of imide groups is 1. The number of carbonyl (C=O) groups excluding carboxylic acids is 3. The molecular formula is C24H28N6O4. The highest BCUT2D eigenvalue weighted by molar-refractivity contribution is 6.05. The molecule has 0 saturated carbocycles. The number of nitrogens with zero attached hydrogens (tertiary/aromatic N) is 4. The Morgan fingerprint density at radius 2 is 1.91 bits per heavy atom. The van der Waals surface area contributed by atoms with Gasteiger partial charge in [0.05, 0.1) is 26.1 Å². The Morgan fingerprint density at radius 3 is 2.62 bits per heavy atom. The van der Waals surface area contributed by atoms with Crippen molar-refractivity contribution in [2.24, 2.45) is 5.92 Å². The van der Waals surface area contributed by atoms with Gasteiger partial charge in [-0.1, -0.05) is 32.0 Å². The van der Waals surface area contributed by atoms with E-state index in [4.69, 9.17) is 4.74 Å². The SMILES string of the molecule is COc1ccc(CN2C(=O)N[C@H](CC(=O)N[C@@H](CC(C)C)c3nnc4ccccn34)C2=O)cc1. The second-order valence-electron chi connectivity index (χ2n) is 8.72. The Labute approximate surface area is 197 Å². The minimum Gasteiger partial charge on any atom is -0.497 e. The van der Waals surface area contributed by atoms with E-state index in [0.717, 1.165) is 10.5 Å². The van der Waals surface area contributed by atoms with Gasteiger partial charge in [0.15, 0.2) is 11.5 Å². The standard InChI is InChI=1S/C24H28N6O4/c1-15(2)12-18(22-28-27-20-6-4-5-11-29(20)22)25-21(31)13-19-23(32)30(24(33)26-19)14-16-7-9-17(34-3)10-8-16/h4-11,15,18-19H,12-14H2,1-3H3,(H,25,31)(H,26,33)/t18-,19+/m0/s1. The molecule has 0 bridgehead atoms. The van der Waals surface area contributed by atoms with Gasteiger partial charge in [0.25, 0.3) is 5.91 Å². The summed E-state index contributed by atoms with van der Waals surface area (Å²) in [7, 11) is 1.57. The van der Waals surface area contributed by atoms with Crippen molar-refractivity contribution in [1.82, 2.24) is 30.1 Å². The summed E-state index contributed by atoms with van der Waals surface area (Å²) in [5.41, 5.74) is 1.47. The number of urea groups is 1. The molecule has 0 spiro atoms. The summed E-state index contributed by atoms with van der Waals surface area (Å²) in [6.45, 7) is 4.23. The summed E-state index contributed by atoms with van der Waals surface area (Å²) in [5, 5.41) is 14.1. The van der Waals surface area contributed by atoms with Crippen LogP contribution in [0.4, 0.5) is 4.79 Å². The van der Waals surface area contributed by atoms with Crippen molar-refractivity contribution in [2.75, 3.05) is 7.11 Å². The zero-order valence-corrected chi connectivity index (χ0v) is 19.4. The highest BCUT2D eigenvalue weighted by Crippen LogP contribution is 2.22. The minimum absolute atomic E-state index is 0.120. The van der Waals surface area contributed by atoms with Crippen LogP contribution in [0.2, 0.25) is 0 Å². The van der Waals surface area contributed by atoms with E-state index in [1.165, 1.54) is 0 Å². The first-order valence-corrected chi connectivity index (χ1v) is 11.2. The molecule has 2 aromatic heterocycles. The Morgan fingerprint density at radius 1 is 1.15 bits per heavy atom. The highest BCUT2D eigenvalue weighted by atomic mass is 16.5. The molecule has 0 aliphatic carbocycles. The molecule has 1 saturated heterocycles. The molecule has 4 amide bonds. The van der Waals surface area contributed by atoms with Gasteiger partial charge in [-0.3, -0.25) is 18.9 Å². The normalized spacial score (nSPS) is 16.7. The van der Waals surface area contributed by atoms with E-state index in [1.54, 1.807) is 31.4 Å². The van der Waals surface area contributed by atoms with Crippen molar-refractivity contribution in [3.63, 3.8) is 0 Å². The molecular weight excluding hydrogens is 436 g/mol. The highest BCUT2D eigenvalue weighted by Gasteiger charge is 2.39. The fourth-order valence-corrected chi connectivity index (χ4v) is 4.01. The van der Waals surface area contributed by atoms with Crippen molar-refractivity contribution in [3.05, 3.63) is 60.0 Å². The van der Waals surface area contributed by atoms with E-state index in [-0.39, 0.29) is 30.8 Å². The lowest BCUT2D eigenvalue weighted by atomic mass is 10.0. The number of benzene rings is 1. The van der Waals surface area contributed by atoms with Crippen LogP contribution in [0.3, 0.4) is 0 Å². The molecule has 178 valence electrons. The molecule has 3 aromatic rings. The van der Waals surface area contributed by atoms with Crippen molar-refractivity contribution >= 4 is 23.5 Å². The summed E-state index contributed by atoms with van der Waals surface area (Å²) < 4.78 is 6.97. The molecule has 0 radical (unpaired) electrons. The van der Waals surface area contributed by atoms with Crippen LogP contribution >= 0.6 is 0 Å². The molecule has 0 unspecified atom stereocenters. The number of ether oxygens (including phenoxy) is 1. The molecule has 1 aromatic carbocycles. The molecule has 3 heterocycles. The van der Waals surface area contributed by atoms with E-state index in [1.807, 2.05) is 28.8 Å². The quantitative estimate of drug-likeness (QED) is 0.470. The smallest absolute Gasteiger partial charge is 0.325 e. The largest absolute Gasteiger partial charge is 0.497 e. The summed E-state index contributed by atoms with van der Waals surface area (Å²) in [6, 6.07) is 10.9. The Balaban J connectivity index is 1.42. The van der Waals surface area contributed by atoms with Gasteiger partial charge in [-0.25, -0.2) is 4.79 Å². The van der Waals surface area contributed by atoms with Crippen molar-refractivity contribution in [2.45, 2.75) is 45.3 Å². The maximum absolute atomic E-state index is 12.9. The molecule has 34 heavy (non-hydrogen) atoms. The monoisotopic (exact) mass is 464 g/mol. The summed E-state index contributed by atoms with van der Waals surface area (Å²) in [4.78, 5) is 39.3. The molecule has 2 N–H and O–H groups in total. The van der Waals surface area contributed by atoms with Crippen LogP contribution in [-0.2, 0) is 16.1 Å². The Bertz CT molecular complexity index is 1190. The number of fused-ring (bicyclic) bond motifs is 1. The van der Waals surface area contributed by atoms with Crippen LogP contribution in [0, 0.1) is 5.92 Å². The van der Waals surface area contributed by atoms with Crippen LogP contribution in [0.15, 0.2) is 48.7 Å². The summed E-state index contributed by atoms with van der Waals surface area (Å²) in [5.74, 6) is 0.828. The fraction of sp³-hybridized carbons (Fsp3) is 0.375. The van der Waals surface area contributed by atoms with Crippen LogP contribution < -0.4 is 15.4 Å². The first-order chi connectivity index (χ1) is 16.4. The van der Waals surface area contributed by atoms with Crippen LogP contribution in [-0.4, -0.2) is 50.5 Å². The maximum Gasteiger partial charge on any atom is 0.325 e. The van der Waals surface area contributed by atoms with Crippen LogP contribution in [0.5, 0.6) is 5.75 Å². The van der Waals surface area contributed by atoms with Gasteiger partial charge in [-0.15, -0.1) is 10.2 Å². The third-order valence-corrected chi connectivity index (χ3v) is 5.69. The number of methoxy groups -OCH3 is 1. The third kappa shape index (κ3) is 5.00. The zero-order chi connectivity index (χ0) is 24.2. The molecule has 10 nitrogen and oxygen atoms in total. The lowest BCUT2D eigenvalue weighted by Crippen LogP contribution is -2.38. The third-order valence-electron chi connectivity index (χ3n) is 5.69. The lowest BCUT2D eigenvalue weighted by molar-refractivity contribution is -0.131. The predicted octanol–water partition coefficient (Wildman–Crippen LogP) is 2.45. The van der Waals surface area contributed by atoms with E-state index in [2.05, 4.69) is 34.7 Å². The van der Waals surface area contributed by atoms with Crippen molar-refractivity contribution in [3.8, 4) is 5.75 Å². The van der Waals surface area contributed by atoms with Gasteiger partial charge in [0, 0.05) is 6.20 Å². The molecule has 1 aliphatic rings. The maximum atomic E-state index is 12.9. The topological polar surface area (TPSA) is 118 Å². The van der Waals surface area contributed by atoms with Crippen molar-refractivity contribution in [1.29, 1.82) is 0 Å². The first-order valence-electron chi connectivity index (χ1n) is 11.2. The Kier molecular flexibility index (Phi) is 6.76. The van der Waals surface area contributed by atoms with Gasteiger partial charge in [0.1, 0.15) is 11.8 Å². The lowest BCUT2D eigenvalue weighted by Gasteiger charge is -2.20. The van der Waals surface area contributed by atoms with Gasteiger partial charge < -0.3 is 15.4 Å². The number of aromatic nitrogens is 3. The fourth-order valence-electron chi connectivity index (χ4n) is 4.01. The Hall–Kier alpha value is -3.95. The summed E-state index contributed by atoms with van der Waals surface area (Å²) >= 11 is 0. The average Bonchev–Trinajstić information content (AvgIpc) is 3.35. The van der Waals surface area contributed by atoms with Gasteiger partial charge in [-0.05, 0) is 42.2 Å². The number of pyridine rings is 1. The summed E-state index contributed by atoms with van der Waals surface area (Å²) in [6.07, 6.45) is 2.34. The average molecular weight is 465 g/mol. The van der Waals surface area contributed by atoms with Gasteiger partial charge in [0.2, 0.25) is 5.91 Å². The molecule has 1 fully saturated rings. The number of carbonyl (C=O) groups is 3. The second-order valence-corrected chi connectivity index (χ2v) is 8.72. The second kappa shape index (κ2) is 9.90. The molecule has 4 rings (SSSR count). The van der Waals surface area contributed by atoms with E-state index < -0.39 is 18.0 Å². The van der Waals surface area contributed by atoms with E-state index in [0.29, 0.717) is 23.6 Å². The number of rotatable bonds is 9. The zero-order valence-electron chi connectivity index (χ0n) is 19.4. The van der Waals surface area contributed by atoms with Gasteiger partial charge >= 0.3 is 6.03 Å². The minimum atomic E-state index is -0.916. The van der Waals surface area contributed by atoms with Crippen molar-refractivity contribution < 1.29 is 19.1 Å². The number of hydrogen-bond donors (Lipinski definition) is 2. The number of nitrogens with one attached hydrogen (secondary N) is 2. The predicted molar refractivity (Wildman–Crippen MR) is 124 cm³/mol. The molecule has 1 aliphatic heterocycles. The molecule has 10 heteroatoms. The van der Waals surface area contributed by atoms with Crippen LogP contribution in [0.25, 0.3) is 5.65 Å². The molecule has 2 atom stereocenters. The van der Waals surface area contributed by atoms with E-state index >= 15 is 0 Å². The van der Waals surface area contributed by atoms with E-state index in [9.17, 15) is 14.4 Å². The number of hydrogen-bond acceptors (Lipinski definition) is 6. The number of amides is 4. The van der Waals surface area contributed by atoms with Crippen LogP contribution in [0.1, 0.15) is 44.1 Å². The first kappa shape index (κ1) is 23.2.